The van der Waals surface area contributed by atoms with E-state index in [1.807, 2.05) is 0 Å². The van der Waals surface area contributed by atoms with E-state index in [1.54, 1.807) is 0 Å². The Morgan fingerprint density at radius 3 is 2.81 bits per heavy atom. The van der Waals surface area contributed by atoms with Crippen molar-refractivity contribution in [2.24, 2.45) is 0 Å². The van der Waals surface area contributed by atoms with Crippen molar-refractivity contribution in [1.82, 2.24) is 0 Å². The van der Waals surface area contributed by atoms with Crippen molar-refractivity contribution in [3.63, 3.8) is 0 Å². The molecule has 2 heteroatoms. The molecule has 1 saturated heterocycles. The summed E-state index contributed by atoms with van der Waals surface area (Å²) in [6.45, 7) is 0.893. The molecule has 2 nitrogen and oxygen atoms in total. The second-order valence-electron chi connectivity index (χ2n) is 6.06. The SMILES string of the molecule is OC(CCC1CCCCO1)Cc1cccc2ccccc12. The molecule has 3 rings (SSSR count). The van der Waals surface area contributed by atoms with E-state index in [1.165, 1.54) is 29.2 Å². The third-order valence-corrected chi connectivity index (χ3v) is 4.43. The Labute approximate surface area is 126 Å². The highest BCUT2D eigenvalue weighted by Gasteiger charge is 2.16. The Hall–Kier alpha value is -1.38. The summed E-state index contributed by atoms with van der Waals surface area (Å²) in [4.78, 5) is 0. The second kappa shape index (κ2) is 7.06. The molecule has 0 radical (unpaired) electrons. The van der Waals surface area contributed by atoms with Crippen molar-refractivity contribution in [2.45, 2.75) is 50.7 Å². The maximum atomic E-state index is 10.3. The molecule has 21 heavy (non-hydrogen) atoms. The van der Waals surface area contributed by atoms with E-state index in [0.717, 1.165) is 32.3 Å². The van der Waals surface area contributed by atoms with Gasteiger partial charge in [0.1, 0.15) is 0 Å². The lowest BCUT2D eigenvalue weighted by atomic mass is 9.96. The van der Waals surface area contributed by atoms with Crippen molar-refractivity contribution in [3.8, 4) is 0 Å². The molecule has 112 valence electrons. The van der Waals surface area contributed by atoms with E-state index in [9.17, 15) is 5.11 Å². The van der Waals surface area contributed by atoms with Crippen LogP contribution < -0.4 is 0 Å². The van der Waals surface area contributed by atoms with Crippen LogP contribution in [0.3, 0.4) is 0 Å². The van der Waals surface area contributed by atoms with Crippen molar-refractivity contribution in [1.29, 1.82) is 0 Å². The van der Waals surface area contributed by atoms with Gasteiger partial charge in [-0.05, 0) is 54.9 Å². The molecular formula is C19H24O2. The molecule has 1 N–H and O–H groups in total. The minimum Gasteiger partial charge on any atom is -0.393 e. The van der Waals surface area contributed by atoms with Gasteiger partial charge in [0.05, 0.1) is 12.2 Å². The minimum absolute atomic E-state index is 0.277. The van der Waals surface area contributed by atoms with Crippen LogP contribution in [0.1, 0.15) is 37.7 Å². The van der Waals surface area contributed by atoms with Crippen molar-refractivity contribution in [2.75, 3.05) is 6.61 Å². The summed E-state index contributed by atoms with van der Waals surface area (Å²) in [7, 11) is 0. The zero-order valence-corrected chi connectivity index (χ0v) is 12.5. The summed E-state index contributed by atoms with van der Waals surface area (Å²) in [5, 5.41) is 12.8. The first-order chi connectivity index (χ1) is 10.3. The number of aliphatic hydroxyl groups is 1. The molecule has 1 fully saturated rings. The molecule has 2 atom stereocenters. The van der Waals surface area contributed by atoms with Gasteiger partial charge >= 0.3 is 0 Å². The number of benzene rings is 2. The average Bonchev–Trinajstić information content (AvgIpc) is 2.54. The number of rotatable bonds is 5. The Balaban J connectivity index is 1.59. The molecule has 1 aliphatic heterocycles. The summed E-state index contributed by atoms with van der Waals surface area (Å²) < 4.78 is 5.74. The van der Waals surface area contributed by atoms with Gasteiger partial charge in [0.2, 0.25) is 0 Å². The van der Waals surface area contributed by atoms with Gasteiger partial charge in [0, 0.05) is 6.61 Å². The lowest BCUT2D eigenvalue weighted by molar-refractivity contribution is 0.00236. The highest BCUT2D eigenvalue weighted by Crippen LogP contribution is 2.22. The number of hydrogen-bond acceptors (Lipinski definition) is 2. The first-order valence-corrected chi connectivity index (χ1v) is 8.09. The van der Waals surface area contributed by atoms with Gasteiger partial charge in [-0.2, -0.15) is 0 Å². The van der Waals surface area contributed by atoms with Crippen LogP contribution in [0.5, 0.6) is 0 Å². The topological polar surface area (TPSA) is 29.5 Å². The monoisotopic (exact) mass is 284 g/mol. The number of fused-ring (bicyclic) bond motifs is 1. The number of hydrogen-bond donors (Lipinski definition) is 1. The quantitative estimate of drug-likeness (QED) is 0.896. The van der Waals surface area contributed by atoms with Gasteiger partial charge in [0.25, 0.3) is 0 Å². The summed E-state index contributed by atoms with van der Waals surface area (Å²) in [6, 6.07) is 14.7. The maximum absolute atomic E-state index is 10.3. The third kappa shape index (κ3) is 3.84. The Kier molecular flexibility index (Phi) is 4.89. The summed E-state index contributed by atoms with van der Waals surface area (Å²) in [5.41, 5.74) is 1.24. The van der Waals surface area contributed by atoms with Gasteiger partial charge in [-0.1, -0.05) is 42.5 Å². The average molecular weight is 284 g/mol. The zero-order chi connectivity index (χ0) is 14.5. The van der Waals surface area contributed by atoms with Gasteiger partial charge in [-0.15, -0.1) is 0 Å². The first-order valence-electron chi connectivity index (χ1n) is 8.09. The smallest absolute Gasteiger partial charge is 0.0581 e. The van der Waals surface area contributed by atoms with Crippen LogP contribution in [0, 0.1) is 0 Å². The van der Waals surface area contributed by atoms with E-state index in [-0.39, 0.29) is 6.10 Å². The van der Waals surface area contributed by atoms with Crippen LogP contribution in [0.25, 0.3) is 10.8 Å². The molecule has 0 spiro atoms. The number of ether oxygens (including phenoxy) is 1. The number of aliphatic hydroxyl groups excluding tert-OH is 1. The van der Waals surface area contributed by atoms with E-state index in [2.05, 4.69) is 42.5 Å². The molecular weight excluding hydrogens is 260 g/mol. The first kappa shape index (κ1) is 14.6. The molecule has 1 aliphatic rings. The lowest BCUT2D eigenvalue weighted by Crippen LogP contribution is -2.21. The predicted octanol–water partition coefficient (Wildman–Crippen LogP) is 4.09. The molecule has 1 heterocycles. The van der Waals surface area contributed by atoms with Gasteiger partial charge in [-0.3, -0.25) is 0 Å². The van der Waals surface area contributed by atoms with Crippen LogP contribution in [-0.4, -0.2) is 23.9 Å². The zero-order valence-electron chi connectivity index (χ0n) is 12.5. The second-order valence-corrected chi connectivity index (χ2v) is 6.06. The fourth-order valence-corrected chi connectivity index (χ4v) is 3.24. The van der Waals surface area contributed by atoms with Crippen LogP contribution in [0.2, 0.25) is 0 Å². The van der Waals surface area contributed by atoms with E-state index in [4.69, 9.17) is 4.74 Å². The lowest BCUT2D eigenvalue weighted by Gasteiger charge is -2.23. The summed E-state index contributed by atoms with van der Waals surface area (Å²) in [5.74, 6) is 0. The van der Waals surface area contributed by atoms with Crippen molar-refractivity contribution < 1.29 is 9.84 Å². The molecule has 0 aromatic heterocycles. The van der Waals surface area contributed by atoms with E-state index in [0.29, 0.717) is 6.10 Å². The Morgan fingerprint density at radius 1 is 1.10 bits per heavy atom. The molecule has 2 aromatic carbocycles. The van der Waals surface area contributed by atoms with Crippen LogP contribution >= 0.6 is 0 Å². The van der Waals surface area contributed by atoms with Crippen LogP contribution in [0.15, 0.2) is 42.5 Å². The molecule has 0 amide bonds. The standard InChI is InChI=1S/C19H24O2/c20-17(11-12-18-9-3-4-13-21-18)14-16-8-5-7-15-6-1-2-10-19(15)16/h1-2,5-8,10,17-18,20H,3-4,9,11-14H2. The van der Waals surface area contributed by atoms with Crippen molar-refractivity contribution >= 4 is 10.8 Å². The highest BCUT2D eigenvalue weighted by atomic mass is 16.5. The summed E-state index contributed by atoms with van der Waals surface area (Å²) >= 11 is 0. The van der Waals surface area contributed by atoms with E-state index < -0.39 is 0 Å². The van der Waals surface area contributed by atoms with Crippen molar-refractivity contribution in [3.05, 3.63) is 48.0 Å². The fourth-order valence-electron chi connectivity index (χ4n) is 3.24. The van der Waals surface area contributed by atoms with E-state index >= 15 is 0 Å². The van der Waals surface area contributed by atoms with Gasteiger partial charge in [0.15, 0.2) is 0 Å². The Bertz CT molecular complexity index is 567. The largest absolute Gasteiger partial charge is 0.393 e. The third-order valence-electron chi connectivity index (χ3n) is 4.43. The maximum Gasteiger partial charge on any atom is 0.0581 e. The fraction of sp³-hybridized carbons (Fsp3) is 0.474. The molecule has 0 saturated carbocycles. The summed E-state index contributed by atoms with van der Waals surface area (Å²) in [6.07, 6.45) is 6.23. The Morgan fingerprint density at radius 2 is 1.95 bits per heavy atom. The van der Waals surface area contributed by atoms with Gasteiger partial charge in [-0.25, -0.2) is 0 Å². The van der Waals surface area contributed by atoms with Crippen LogP contribution in [-0.2, 0) is 11.2 Å². The molecule has 0 aliphatic carbocycles. The predicted molar refractivity (Wildman–Crippen MR) is 86.5 cm³/mol. The van der Waals surface area contributed by atoms with Gasteiger partial charge < -0.3 is 9.84 Å². The minimum atomic E-state index is -0.277. The highest BCUT2D eigenvalue weighted by molar-refractivity contribution is 5.85. The molecule has 2 aromatic rings. The molecule has 2 unspecified atom stereocenters. The molecule has 0 bridgehead atoms. The normalized spacial score (nSPS) is 20.5. The van der Waals surface area contributed by atoms with Crippen LogP contribution in [0.4, 0.5) is 0 Å².